The highest BCUT2D eigenvalue weighted by Crippen LogP contribution is 2.35. The lowest BCUT2D eigenvalue weighted by molar-refractivity contribution is 0.117. The van der Waals surface area contributed by atoms with Gasteiger partial charge in [-0.2, -0.15) is 0 Å². The molecule has 0 spiro atoms. The molecule has 0 fully saturated rings. The molecule has 1 atom stereocenters. The fraction of sp³-hybridized carbons (Fsp3) is 0.308. The molecule has 19 heavy (non-hydrogen) atoms. The third-order valence-corrected chi connectivity index (χ3v) is 2.97. The van der Waals surface area contributed by atoms with E-state index >= 15 is 0 Å². The first-order chi connectivity index (χ1) is 9.29. The van der Waals surface area contributed by atoms with Crippen LogP contribution in [0.4, 0.5) is 0 Å². The minimum atomic E-state index is -0.834. The van der Waals surface area contributed by atoms with Crippen LogP contribution in [0.3, 0.4) is 0 Å². The van der Waals surface area contributed by atoms with Crippen LogP contribution < -0.4 is 9.47 Å². The van der Waals surface area contributed by atoms with Crippen LogP contribution in [-0.2, 0) is 11.5 Å². The molecule has 1 aliphatic heterocycles. The topological polar surface area (TPSA) is 65.7 Å². The van der Waals surface area contributed by atoms with Crippen LogP contribution in [-0.4, -0.2) is 28.6 Å². The van der Waals surface area contributed by atoms with Crippen LogP contribution in [0.2, 0.25) is 0 Å². The second-order valence-corrected chi connectivity index (χ2v) is 4.19. The van der Waals surface area contributed by atoms with E-state index in [1.54, 1.807) is 42.3 Å². The predicted molar refractivity (Wildman–Crippen MR) is 65.9 cm³/mol. The monoisotopic (exact) mass is 262 g/mol. The number of nitrogens with zero attached hydrogens (tertiary/aromatic N) is 2. The summed E-state index contributed by atoms with van der Waals surface area (Å²) in [6, 6.07) is 5.34. The molecule has 0 bridgehead atoms. The number of methoxy groups -OCH3 is 1. The second-order valence-electron chi connectivity index (χ2n) is 4.19. The molecule has 2 heterocycles. The summed E-state index contributed by atoms with van der Waals surface area (Å²) >= 11 is 0. The number of hydrogen-bond acceptors (Lipinski definition) is 5. The van der Waals surface area contributed by atoms with Crippen molar-refractivity contribution in [3.05, 3.63) is 42.0 Å². The lowest BCUT2D eigenvalue weighted by atomic mass is 10.1. The summed E-state index contributed by atoms with van der Waals surface area (Å²) in [6.07, 6.45) is 2.55. The van der Waals surface area contributed by atoms with Crippen LogP contribution in [0.5, 0.6) is 11.5 Å². The van der Waals surface area contributed by atoms with Gasteiger partial charge in [0.2, 0.25) is 6.79 Å². The van der Waals surface area contributed by atoms with Gasteiger partial charge in [-0.1, -0.05) is 6.07 Å². The molecule has 2 aromatic rings. The van der Waals surface area contributed by atoms with Gasteiger partial charge in [0.1, 0.15) is 18.7 Å². The number of aliphatic hydroxyl groups excluding tert-OH is 1. The number of ether oxygens (including phenoxy) is 3. The molecule has 0 unspecified atom stereocenters. The van der Waals surface area contributed by atoms with E-state index in [4.69, 9.17) is 14.2 Å². The normalized spacial score (nSPS) is 14.6. The molecule has 6 nitrogen and oxygen atoms in total. The highest BCUT2D eigenvalue weighted by Gasteiger charge is 2.20. The maximum Gasteiger partial charge on any atom is 0.231 e. The average Bonchev–Trinajstić information content (AvgIpc) is 3.05. The van der Waals surface area contributed by atoms with Crippen LogP contribution in [0.15, 0.2) is 30.6 Å². The Hall–Kier alpha value is -2.05. The largest absolute Gasteiger partial charge is 0.454 e. The van der Waals surface area contributed by atoms with Gasteiger partial charge in [-0.3, -0.25) is 0 Å². The number of imidazole rings is 1. The summed E-state index contributed by atoms with van der Waals surface area (Å²) in [7, 11) is 1.59. The van der Waals surface area contributed by atoms with Gasteiger partial charge in [-0.25, -0.2) is 4.98 Å². The van der Waals surface area contributed by atoms with Crippen molar-refractivity contribution < 1.29 is 19.3 Å². The van der Waals surface area contributed by atoms with E-state index in [-0.39, 0.29) is 6.79 Å². The molecule has 0 aliphatic carbocycles. The van der Waals surface area contributed by atoms with Gasteiger partial charge >= 0.3 is 0 Å². The highest BCUT2D eigenvalue weighted by atomic mass is 16.7. The summed E-state index contributed by atoms with van der Waals surface area (Å²) in [5, 5.41) is 10.4. The number of aromatic nitrogens is 2. The Labute approximate surface area is 110 Å². The van der Waals surface area contributed by atoms with Crippen molar-refractivity contribution >= 4 is 0 Å². The summed E-state index contributed by atoms with van der Waals surface area (Å²) in [4.78, 5) is 4.17. The molecular weight excluding hydrogens is 248 g/mol. The van der Waals surface area contributed by atoms with E-state index < -0.39 is 6.10 Å². The van der Waals surface area contributed by atoms with Gasteiger partial charge < -0.3 is 23.9 Å². The Balaban J connectivity index is 1.90. The van der Waals surface area contributed by atoms with Crippen LogP contribution in [0.25, 0.3) is 0 Å². The molecule has 1 N–H and O–H groups in total. The van der Waals surface area contributed by atoms with Crippen LogP contribution >= 0.6 is 0 Å². The quantitative estimate of drug-likeness (QED) is 0.899. The summed E-state index contributed by atoms with van der Waals surface area (Å²) in [5.41, 5.74) is 0.702. The maximum atomic E-state index is 10.4. The van der Waals surface area contributed by atoms with E-state index in [9.17, 15) is 5.11 Å². The minimum absolute atomic E-state index is 0.215. The summed E-state index contributed by atoms with van der Waals surface area (Å²) in [6.45, 7) is 0.560. The number of rotatable bonds is 4. The molecule has 6 heteroatoms. The van der Waals surface area contributed by atoms with Crippen molar-refractivity contribution in [1.29, 1.82) is 0 Å². The summed E-state index contributed by atoms with van der Waals surface area (Å²) < 4.78 is 17.3. The van der Waals surface area contributed by atoms with Gasteiger partial charge in [0.25, 0.3) is 0 Å². The zero-order valence-corrected chi connectivity index (χ0v) is 10.4. The fourth-order valence-corrected chi connectivity index (χ4v) is 2.05. The first-order valence-corrected chi connectivity index (χ1v) is 5.87. The Morgan fingerprint density at radius 3 is 3.11 bits per heavy atom. The minimum Gasteiger partial charge on any atom is -0.454 e. The van der Waals surface area contributed by atoms with Crippen molar-refractivity contribution in [2.45, 2.75) is 12.8 Å². The van der Waals surface area contributed by atoms with E-state index in [1.165, 1.54) is 0 Å². The fourth-order valence-electron chi connectivity index (χ4n) is 2.05. The first-order valence-electron chi connectivity index (χ1n) is 5.87. The molecule has 1 aromatic carbocycles. The zero-order chi connectivity index (χ0) is 13.2. The SMILES string of the molecule is COCn1ccnc1[C@@H](O)c1ccc2c(c1)OCO2. The number of fused-ring (bicyclic) bond motifs is 1. The van der Waals surface area contributed by atoms with E-state index in [0.717, 1.165) is 0 Å². The molecule has 1 aromatic heterocycles. The lowest BCUT2D eigenvalue weighted by Crippen LogP contribution is -2.10. The van der Waals surface area contributed by atoms with E-state index in [2.05, 4.69) is 4.98 Å². The third-order valence-electron chi connectivity index (χ3n) is 2.97. The van der Waals surface area contributed by atoms with Gasteiger partial charge in [-0.05, 0) is 17.7 Å². The van der Waals surface area contributed by atoms with Crippen molar-refractivity contribution in [3.63, 3.8) is 0 Å². The van der Waals surface area contributed by atoms with E-state index in [1.807, 2.05) is 0 Å². The van der Waals surface area contributed by atoms with Gasteiger partial charge in [0.15, 0.2) is 11.5 Å². The number of aliphatic hydroxyl groups is 1. The predicted octanol–water partition coefficient (Wildman–Crippen LogP) is 1.30. The van der Waals surface area contributed by atoms with Gasteiger partial charge in [-0.15, -0.1) is 0 Å². The Bertz CT molecular complexity index is 582. The third kappa shape index (κ3) is 2.16. The first kappa shape index (κ1) is 12.0. The van der Waals surface area contributed by atoms with E-state index in [0.29, 0.717) is 29.6 Å². The van der Waals surface area contributed by atoms with Gasteiger partial charge in [0, 0.05) is 19.5 Å². The lowest BCUT2D eigenvalue weighted by Gasteiger charge is -2.13. The maximum absolute atomic E-state index is 10.4. The Morgan fingerprint density at radius 1 is 1.42 bits per heavy atom. The molecule has 100 valence electrons. The molecule has 0 saturated carbocycles. The smallest absolute Gasteiger partial charge is 0.231 e. The average molecular weight is 262 g/mol. The molecular formula is C13H14N2O4. The standard InChI is InChI=1S/C13H14N2O4/c1-17-7-15-5-4-14-13(15)12(16)9-2-3-10-11(6-9)19-8-18-10/h2-6,12,16H,7-8H2,1H3/t12-/m0/s1. The molecule has 3 rings (SSSR count). The molecule has 1 aliphatic rings. The summed E-state index contributed by atoms with van der Waals surface area (Å²) in [5.74, 6) is 1.86. The van der Waals surface area contributed by atoms with Crippen LogP contribution in [0, 0.1) is 0 Å². The second kappa shape index (κ2) is 4.91. The number of hydrogen-bond donors (Lipinski definition) is 1. The molecule has 0 radical (unpaired) electrons. The van der Waals surface area contributed by atoms with Crippen molar-refractivity contribution in [1.82, 2.24) is 9.55 Å². The number of benzene rings is 1. The van der Waals surface area contributed by atoms with Crippen molar-refractivity contribution in [3.8, 4) is 11.5 Å². The zero-order valence-electron chi connectivity index (χ0n) is 10.4. The van der Waals surface area contributed by atoms with Crippen molar-refractivity contribution in [2.24, 2.45) is 0 Å². The molecule has 0 saturated heterocycles. The highest BCUT2D eigenvalue weighted by molar-refractivity contribution is 5.45. The molecule has 0 amide bonds. The Morgan fingerprint density at radius 2 is 2.26 bits per heavy atom. The van der Waals surface area contributed by atoms with Crippen molar-refractivity contribution in [2.75, 3.05) is 13.9 Å². The van der Waals surface area contributed by atoms with Gasteiger partial charge in [0.05, 0.1) is 0 Å². The Kier molecular flexibility index (Phi) is 3.10. The van der Waals surface area contributed by atoms with Crippen LogP contribution in [0.1, 0.15) is 17.5 Å².